The minimum absolute atomic E-state index is 0.215. The predicted octanol–water partition coefficient (Wildman–Crippen LogP) is 0.837. The van der Waals surface area contributed by atoms with E-state index in [0.29, 0.717) is 0 Å². The van der Waals surface area contributed by atoms with Gasteiger partial charge < -0.3 is 5.73 Å². The molecule has 0 rings (SSSR count). The highest BCUT2D eigenvalue weighted by atomic mass is 15.2. The molecular formula is C7H17N2. The van der Waals surface area contributed by atoms with Crippen molar-refractivity contribution in [3.8, 4) is 0 Å². The van der Waals surface area contributed by atoms with Crippen molar-refractivity contribution in [2.24, 2.45) is 5.73 Å². The average Bonchev–Trinajstić information content (AvgIpc) is 1.82. The highest BCUT2D eigenvalue weighted by Gasteiger charge is 2.01. The Labute approximate surface area is 58.0 Å². The second-order valence-electron chi connectivity index (χ2n) is 2.53. The normalized spacial score (nSPS) is 14.3. The van der Waals surface area contributed by atoms with Crippen molar-refractivity contribution in [1.29, 1.82) is 0 Å². The zero-order valence-corrected chi connectivity index (χ0v) is 6.43. The van der Waals surface area contributed by atoms with E-state index in [1.807, 2.05) is 19.0 Å². The fourth-order valence-electron chi connectivity index (χ4n) is 0.612. The van der Waals surface area contributed by atoms with Crippen LogP contribution in [0.3, 0.4) is 0 Å². The van der Waals surface area contributed by atoms with Crippen LogP contribution in [0.15, 0.2) is 0 Å². The Morgan fingerprint density at radius 3 is 2.44 bits per heavy atom. The van der Waals surface area contributed by atoms with E-state index in [-0.39, 0.29) is 6.17 Å². The van der Waals surface area contributed by atoms with Gasteiger partial charge in [-0.1, -0.05) is 19.8 Å². The lowest BCUT2D eigenvalue weighted by atomic mass is 10.2. The fraction of sp³-hybridized carbons (Fsp3) is 0.857. The molecule has 55 valence electrons. The van der Waals surface area contributed by atoms with Gasteiger partial charge in [0.25, 0.3) is 0 Å². The standard InChI is InChI=1S/C7H17N2/c1-4-5-6-7(8)9(2)3/h7H,1,4-6,8H2,2-3H3. The summed E-state index contributed by atoms with van der Waals surface area (Å²) in [6, 6.07) is 0. The summed E-state index contributed by atoms with van der Waals surface area (Å²) in [4.78, 5) is 2.02. The molecule has 0 fully saturated rings. The van der Waals surface area contributed by atoms with E-state index in [1.165, 1.54) is 0 Å². The van der Waals surface area contributed by atoms with E-state index < -0.39 is 0 Å². The van der Waals surface area contributed by atoms with Crippen molar-refractivity contribution in [2.75, 3.05) is 14.1 Å². The van der Waals surface area contributed by atoms with Crippen molar-refractivity contribution in [2.45, 2.75) is 25.4 Å². The van der Waals surface area contributed by atoms with Gasteiger partial charge in [-0.3, -0.25) is 4.90 Å². The first-order valence-corrected chi connectivity index (χ1v) is 3.39. The largest absolute Gasteiger partial charge is 0.316 e. The Hall–Kier alpha value is -0.0800. The van der Waals surface area contributed by atoms with Gasteiger partial charge in [0.1, 0.15) is 0 Å². The quantitative estimate of drug-likeness (QED) is 0.570. The van der Waals surface area contributed by atoms with Crippen molar-refractivity contribution in [1.82, 2.24) is 4.90 Å². The lowest BCUT2D eigenvalue weighted by molar-refractivity contribution is 0.281. The van der Waals surface area contributed by atoms with Crippen molar-refractivity contribution in [3.63, 3.8) is 0 Å². The number of rotatable bonds is 4. The van der Waals surface area contributed by atoms with Crippen LogP contribution in [-0.4, -0.2) is 25.2 Å². The molecule has 0 aromatic rings. The molecule has 9 heavy (non-hydrogen) atoms. The minimum atomic E-state index is 0.215. The lowest BCUT2D eigenvalue weighted by Gasteiger charge is -2.18. The molecule has 1 unspecified atom stereocenters. The summed E-state index contributed by atoms with van der Waals surface area (Å²) in [7, 11) is 3.99. The maximum absolute atomic E-state index is 5.70. The average molecular weight is 129 g/mol. The van der Waals surface area contributed by atoms with Gasteiger partial charge in [0.15, 0.2) is 0 Å². The third-order valence-electron chi connectivity index (χ3n) is 1.41. The van der Waals surface area contributed by atoms with Crippen LogP contribution < -0.4 is 5.73 Å². The van der Waals surface area contributed by atoms with Gasteiger partial charge in [0.05, 0.1) is 6.17 Å². The summed E-state index contributed by atoms with van der Waals surface area (Å²) in [6.45, 7) is 3.74. The molecule has 0 aromatic heterocycles. The van der Waals surface area contributed by atoms with Crippen LogP contribution in [-0.2, 0) is 0 Å². The maximum Gasteiger partial charge on any atom is 0.0566 e. The number of nitrogens with two attached hydrogens (primary N) is 1. The molecule has 0 aliphatic rings. The third-order valence-corrected chi connectivity index (χ3v) is 1.41. The SMILES string of the molecule is [CH2]CCCC(N)N(C)C. The van der Waals surface area contributed by atoms with E-state index in [4.69, 9.17) is 5.73 Å². The Bertz CT molecular complexity index is 61.9. The van der Waals surface area contributed by atoms with Gasteiger partial charge in [-0.05, 0) is 20.5 Å². The molecule has 0 aliphatic heterocycles. The molecule has 1 radical (unpaired) electrons. The molecule has 0 heterocycles. The van der Waals surface area contributed by atoms with Gasteiger partial charge in [-0.2, -0.15) is 0 Å². The van der Waals surface area contributed by atoms with Gasteiger partial charge in [0, 0.05) is 0 Å². The second-order valence-corrected chi connectivity index (χ2v) is 2.53. The zero-order valence-electron chi connectivity index (χ0n) is 6.43. The summed E-state index contributed by atoms with van der Waals surface area (Å²) >= 11 is 0. The second kappa shape index (κ2) is 4.77. The molecule has 0 aromatic carbocycles. The summed E-state index contributed by atoms with van der Waals surface area (Å²) in [5.74, 6) is 0. The third kappa shape index (κ3) is 4.43. The van der Waals surface area contributed by atoms with Crippen LogP contribution in [0.1, 0.15) is 19.3 Å². The molecule has 2 N–H and O–H groups in total. The van der Waals surface area contributed by atoms with Crippen LogP contribution in [0, 0.1) is 6.92 Å². The molecular weight excluding hydrogens is 112 g/mol. The summed E-state index contributed by atoms with van der Waals surface area (Å²) in [5.41, 5.74) is 5.70. The Morgan fingerprint density at radius 1 is 1.56 bits per heavy atom. The van der Waals surface area contributed by atoms with Crippen LogP contribution in [0.25, 0.3) is 0 Å². The molecule has 1 atom stereocenters. The van der Waals surface area contributed by atoms with E-state index >= 15 is 0 Å². The number of hydrogen-bond acceptors (Lipinski definition) is 2. The number of hydrogen-bond donors (Lipinski definition) is 1. The molecule has 0 aliphatic carbocycles. The Balaban J connectivity index is 3.16. The van der Waals surface area contributed by atoms with Crippen LogP contribution in [0.5, 0.6) is 0 Å². The summed E-state index contributed by atoms with van der Waals surface area (Å²) in [6.07, 6.45) is 3.38. The Kier molecular flexibility index (Phi) is 4.72. The molecule has 0 saturated heterocycles. The van der Waals surface area contributed by atoms with E-state index in [2.05, 4.69) is 6.92 Å². The first-order chi connectivity index (χ1) is 4.18. The molecule has 0 bridgehead atoms. The highest BCUT2D eigenvalue weighted by molar-refractivity contribution is 4.57. The molecule has 0 spiro atoms. The predicted molar refractivity (Wildman–Crippen MR) is 40.9 cm³/mol. The van der Waals surface area contributed by atoms with Gasteiger partial charge >= 0.3 is 0 Å². The van der Waals surface area contributed by atoms with Crippen LogP contribution in [0.4, 0.5) is 0 Å². The summed E-state index contributed by atoms with van der Waals surface area (Å²) < 4.78 is 0. The smallest absolute Gasteiger partial charge is 0.0566 e. The highest BCUT2D eigenvalue weighted by Crippen LogP contribution is 1.98. The van der Waals surface area contributed by atoms with Gasteiger partial charge in [-0.15, -0.1) is 0 Å². The first kappa shape index (κ1) is 8.92. The van der Waals surface area contributed by atoms with Gasteiger partial charge in [0.2, 0.25) is 0 Å². The lowest BCUT2D eigenvalue weighted by Crippen LogP contribution is -2.35. The maximum atomic E-state index is 5.70. The topological polar surface area (TPSA) is 29.3 Å². The van der Waals surface area contributed by atoms with Crippen molar-refractivity contribution in [3.05, 3.63) is 6.92 Å². The molecule has 0 amide bonds. The van der Waals surface area contributed by atoms with E-state index in [1.54, 1.807) is 0 Å². The van der Waals surface area contributed by atoms with E-state index in [9.17, 15) is 0 Å². The Morgan fingerprint density at radius 2 is 2.11 bits per heavy atom. The monoisotopic (exact) mass is 129 g/mol. The van der Waals surface area contributed by atoms with Crippen molar-refractivity contribution < 1.29 is 0 Å². The fourth-order valence-corrected chi connectivity index (χ4v) is 0.612. The number of nitrogens with zero attached hydrogens (tertiary/aromatic N) is 1. The molecule has 2 nitrogen and oxygen atoms in total. The zero-order chi connectivity index (χ0) is 7.28. The molecule has 2 heteroatoms. The summed E-state index contributed by atoms with van der Waals surface area (Å²) in [5, 5.41) is 0. The first-order valence-electron chi connectivity index (χ1n) is 3.39. The van der Waals surface area contributed by atoms with E-state index in [0.717, 1.165) is 19.3 Å². The van der Waals surface area contributed by atoms with Gasteiger partial charge in [-0.25, -0.2) is 0 Å². The minimum Gasteiger partial charge on any atom is -0.316 e. The van der Waals surface area contributed by atoms with Crippen molar-refractivity contribution >= 4 is 0 Å². The molecule has 0 saturated carbocycles. The number of unbranched alkanes of at least 4 members (excludes halogenated alkanes) is 1. The van der Waals surface area contributed by atoms with Crippen LogP contribution >= 0.6 is 0 Å². The van der Waals surface area contributed by atoms with Crippen LogP contribution in [0.2, 0.25) is 0 Å².